The van der Waals surface area contributed by atoms with Gasteiger partial charge in [0, 0.05) is 18.3 Å². The van der Waals surface area contributed by atoms with E-state index in [9.17, 15) is 9.90 Å². The van der Waals surface area contributed by atoms with Crippen molar-refractivity contribution in [1.29, 1.82) is 0 Å². The summed E-state index contributed by atoms with van der Waals surface area (Å²) < 4.78 is 12.1. The van der Waals surface area contributed by atoms with Crippen LogP contribution in [0.3, 0.4) is 0 Å². The number of carboxylic acid groups (broad SMARTS) is 1. The maximum absolute atomic E-state index is 11.4. The van der Waals surface area contributed by atoms with Gasteiger partial charge in [0.25, 0.3) is 0 Å². The number of rotatable bonds is 5. The average Bonchev–Trinajstić information content (AvgIpc) is 2.68. The Balaban J connectivity index is 2.42. The van der Waals surface area contributed by atoms with Crippen molar-refractivity contribution in [2.24, 2.45) is 0 Å². The van der Waals surface area contributed by atoms with Crippen molar-refractivity contribution >= 4 is 30.8 Å². The Morgan fingerprint density at radius 3 is 2.46 bits per heavy atom. The van der Waals surface area contributed by atoms with E-state index >= 15 is 0 Å². The van der Waals surface area contributed by atoms with E-state index in [1.54, 1.807) is 13.1 Å². The summed E-state index contributed by atoms with van der Waals surface area (Å²) in [4.78, 5) is 15.4. The van der Waals surface area contributed by atoms with E-state index in [2.05, 4.69) is 10.3 Å². The minimum atomic E-state index is -1.07. The van der Waals surface area contributed by atoms with Gasteiger partial charge in [-0.2, -0.15) is 0 Å². The van der Waals surface area contributed by atoms with E-state index in [0.29, 0.717) is 12.1 Å². The summed E-state index contributed by atoms with van der Waals surface area (Å²) in [5, 5.41) is 12.6. The summed E-state index contributed by atoms with van der Waals surface area (Å²) in [7, 11) is 1.23. The Morgan fingerprint density at radius 1 is 1.38 bits per heavy atom. The molecular weight excluding hydrogens is 330 g/mol. The van der Waals surface area contributed by atoms with Crippen molar-refractivity contribution in [3.63, 3.8) is 0 Å². The van der Waals surface area contributed by atoms with Crippen LogP contribution < -0.4 is 5.32 Å². The second kappa shape index (κ2) is 6.84. The van der Waals surface area contributed by atoms with Crippen LogP contribution in [-0.2, 0) is 9.31 Å². The predicted molar refractivity (Wildman–Crippen MR) is 94.2 cm³/mol. The zero-order valence-corrected chi connectivity index (χ0v) is 15.3. The lowest BCUT2D eigenvalue weighted by molar-refractivity contribution is 0.00578. The Morgan fingerprint density at radius 2 is 1.96 bits per heavy atom. The molecule has 130 valence electrons. The highest BCUT2D eigenvalue weighted by molar-refractivity contribution is 6.56. The standard InChI is InChI=1S/C16H22BClN2O4/c1-15(2)16(3,4)24-17(23-15)11(9-19-5)6-10-8-20-13(18)7-12(10)14(21)22/h6-8,19H,9H2,1-5H3,(H,21,22). The number of hydrogen-bond acceptors (Lipinski definition) is 5. The van der Waals surface area contributed by atoms with E-state index in [-0.39, 0.29) is 10.7 Å². The first-order chi connectivity index (χ1) is 11.1. The summed E-state index contributed by atoms with van der Waals surface area (Å²) >= 11 is 5.80. The SMILES string of the molecule is CNCC(=Cc1cnc(Cl)cc1C(=O)O)B1OC(C)(C)C(C)(C)O1. The fourth-order valence-electron chi connectivity index (χ4n) is 2.34. The molecule has 8 heteroatoms. The zero-order valence-electron chi connectivity index (χ0n) is 14.5. The summed E-state index contributed by atoms with van der Waals surface area (Å²) in [5.41, 5.74) is 0.367. The summed E-state index contributed by atoms with van der Waals surface area (Å²) in [6.07, 6.45) is 3.16. The fraction of sp³-hybridized carbons (Fsp3) is 0.500. The molecule has 2 rings (SSSR count). The van der Waals surface area contributed by atoms with Crippen LogP contribution in [0.5, 0.6) is 0 Å². The number of aromatic carboxylic acids is 1. The Bertz CT molecular complexity index is 660. The summed E-state index contributed by atoms with van der Waals surface area (Å²) in [6.45, 7) is 8.36. The Kier molecular flexibility index (Phi) is 5.39. The lowest BCUT2D eigenvalue weighted by Gasteiger charge is -2.32. The van der Waals surface area contributed by atoms with Crippen LogP contribution in [0.15, 0.2) is 17.7 Å². The molecule has 6 nitrogen and oxygen atoms in total. The van der Waals surface area contributed by atoms with Gasteiger partial charge in [0.15, 0.2) is 0 Å². The van der Waals surface area contributed by atoms with E-state index in [1.807, 2.05) is 27.7 Å². The second-order valence-corrected chi connectivity index (χ2v) is 7.12. The van der Waals surface area contributed by atoms with E-state index in [4.69, 9.17) is 20.9 Å². The topological polar surface area (TPSA) is 80.7 Å². The van der Waals surface area contributed by atoms with E-state index in [1.165, 1.54) is 12.3 Å². The molecule has 2 heterocycles. The van der Waals surface area contributed by atoms with Crippen molar-refractivity contribution in [2.75, 3.05) is 13.6 Å². The number of carbonyl (C=O) groups is 1. The van der Waals surface area contributed by atoms with Crippen LogP contribution in [0.1, 0.15) is 43.6 Å². The normalized spacial score (nSPS) is 19.6. The number of likely N-dealkylation sites (N-methyl/N-ethyl adjacent to an activating group) is 1. The van der Waals surface area contributed by atoms with Crippen molar-refractivity contribution in [2.45, 2.75) is 38.9 Å². The van der Waals surface area contributed by atoms with E-state index < -0.39 is 24.3 Å². The molecule has 24 heavy (non-hydrogen) atoms. The van der Waals surface area contributed by atoms with Gasteiger partial charge in [0.1, 0.15) is 5.15 Å². The molecular formula is C16H22BClN2O4. The maximum Gasteiger partial charge on any atom is 0.491 e. The van der Waals surface area contributed by atoms with Gasteiger partial charge in [0.05, 0.1) is 16.8 Å². The number of nitrogens with zero attached hydrogens (tertiary/aromatic N) is 1. The van der Waals surface area contributed by atoms with Crippen LogP contribution in [0, 0.1) is 0 Å². The Labute approximate surface area is 147 Å². The molecule has 0 bridgehead atoms. The van der Waals surface area contributed by atoms with Crippen molar-refractivity contribution < 1.29 is 19.2 Å². The zero-order chi connectivity index (χ0) is 18.1. The number of hydrogen-bond donors (Lipinski definition) is 2. The molecule has 1 aliphatic heterocycles. The first-order valence-electron chi connectivity index (χ1n) is 7.67. The number of halogens is 1. The Hall–Kier alpha value is -1.41. The minimum Gasteiger partial charge on any atom is -0.478 e. The minimum absolute atomic E-state index is 0.0834. The second-order valence-electron chi connectivity index (χ2n) is 6.74. The quantitative estimate of drug-likeness (QED) is 0.626. The molecule has 1 aromatic rings. The van der Waals surface area contributed by atoms with Crippen molar-refractivity contribution in [1.82, 2.24) is 10.3 Å². The fourth-order valence-corrected chi connectivity index (χ4v) is 2.50. The first kappa shape index (κ1) is 18.9. The third kappa shape index (κ3) is 3.80. The highest BCUT2D eigenvalue weighted by Gasteiger charge is 2.52. The molecule has 0 aliphatic carbocycles. The van der Waals surface area contributed by atoms with Gasteiger partial charge in [-0.15, -0.1) is 0 Å². The smallest absolute Gasteiger partial charge is 0.478 e. The molecule has 0 saturated carbocycles. The molecule has 0 spiro atoms. The van der Waals surface area contributed by atoms with Gasteiger partial charge in [0.2, 0.25) is 0 Å². The predicted octanol–water partition coefficient (Wildman–Crippen LogP) is 2.67. The van der Waals surface area contributed by atoms with Gasteiger partial charge in [-0.25, -0.2) is 9.78 Å². The van der Waals surface area contributed by atoms with Crippen LogP contribution in [-0.4, -0.2) is 48.0 Å². The summed E-state index contributed by atoms with van der Waals surface area (Å²) in [6, 6.07) is 1.33. The molecule has 1 aliphatic rings. The molecule has 1 fully saturated rings. The molecule has 0 atom stereocenters. The monoisotopic (exact) mass is 352 g/mol. The van der Waals surface area contributed by atoms with Gasteiger partial charge in [-0.3, -0.25) is 0 Å². The summed E-state index contributed by atoms with van der Waals surface area (Å²) in [5.74, 6) is -1.07. The largest absolute Gasteiger partial charge is 0.491 e. The first-order valence-corrected chi connectivity index (χ1v) is 8.05. The van der Waals surface area contributed by atoms with Gasteiger partial charge >= 0.3 is 13.1 Å². The van der Waals surface area contributed by atoms with Gasteiger partial charge in [-0.1, -0.05) is 17.7 Å². The van der Waals surface area contributed by atoms with Crippen LogP contribution >= 0.6 is 11.6 Å². The van der Waals surface area contributed by atoms with Gasteiger partial charge < -0.3 is 19.7 Å². The lowest BCUT2D eigenvalue weighted by Crippen LogP contribution is -2.41. The molecule has 0 amide bonds. The maximum atomic E-state index is 11.4. The van der Waals surface area contributed by atoms with Gasteiger partial charge in [-0.05, 0) is 46.3 Å². The van der Waals surface area contributed by atoms with Crippen LogP contribution in [0.25, 0.3) is 6.08 Å². The number of pyridine rings is 1. The van der Waals surface area contributed by atoms with Crippen molar-refractivity contribution in [3.8, 4) is 0 Å². The van der Waals surface area contributed by atoms with Crippen LogP contribution in [0.4, 0.5) is 0 Å². The molecule has 2 N–H and O–H groups in total. The number of aromatic nitrogens is 1. The van der Waals surface area contributed by atoms with Crippen molar-refractivity contribution in [3.05, 3.63) is 34.0 Å². The molecule has 1 saturated heterocycles. The highest BCUT2D eigenvalue weighted by atomic mass is 35.5. The number of nitrogens with one attached hydrogen (secondary N) is 1. The highest BCUT2D eigenvalue weighted by Crippen LogP contribution is 2.38. The lowest BCUT2D eigenvalue weighted by atomic mass is 9.76. The molecule has 0 aromatic carbocycles. The van der Waals surface area contributed by atoms with E-state index in [0.717, 1.165) is 5.47 Å². The molecule has 1 aromatic heterocycles. The molecule has 0 radical (unpaired) electrons. The van der Waals surface area contributed by atoms with Crippen LogP contribution in [0.2, 0.25) is 5.15 Å². The molecule has 0 unspecified atom stereocenters. The average molecular weight is 353 g/mol. The third-order valence-electron chi connectivity index (χ3n) is 4.41. The third-order valence-corrected chi connectivity index (χ3v) is 4.62. The number of carboxylic acids is 1.